The van der Waals surface area contributed by atoms with E-state index in [4.69, 9.17) is 4.74 Å². The second kappa shape index (κ2) is 10.1. The van der Waals surface area contributed by atoms with Crippen LogP contribution in [0.5, 0.6) is 0 Å². The molecule has 0 aliphatic rings. The third-order valence-electron chi connectivity index (χ3n) is 3.93. The average molecular weight is 362 g/mol. The number of hydrogen-bond donors (Lipinski definition) is 1. The molecular formula is C19H27N3O2S. The molecule has 25 heavy (non-hydrogen) atoms. The summed E-state index contributed by atoms with van der Waals surface area (Å²) in [6.07, 6.45) is 6.67. The van der Waals surface area contributed by atoms with Crippen LogP contribution in [0.3, 0.4) is 0 Å². The van der Waals surface area contributed by atoms with Crippen LogP contribution in [-0.2, 0) is 24.0 Å². The van der Waals surface area contributed by atoms with E-state index < -0.39 is 0 Å². The Kier molecular flexibility index (Phi) is 7.85. The van der Waals surface area contributed by atoms with Gasteiger partial charge in [-0.05, 0) is 49.6 Å². The number of nitrogens with one attached hydrogen (secondary N) is 1. The fourth-order valence-electron chi connectivity index (χ4n) is 2.62. The lowest BCUT2D eigenvalue weighted by Crippen LogP contribution is -2.16. The Balaban J connectivity index is 2.00. The molecule has 136 valence electrons. The summed E-state index contributed by atoms with van der Waals surface area (Å²) in [6.45, 7) is 7.04. The molecule has 0 radical (unpaired) electrons. The minimum absolute atomic E-state index is 0.339. The van der Waals surface area contributed by atoms with E-state index in [1.54, 1.807) is 18.3 Å². The van der Waals surface area contributed by atoms with Crippen LogP contribution in [0.2, 0.25) is 0 Å². The second-order valence-corrected chi connectivity index (χ2v) is 6.82. The predicted molar refractivity (Wildman–Crippen MR) is 102 cm³/mol. The number of thiophene rings is 1. The van der Waals surface area contributed by atoms with Crippen LogP contribution in [0.1, 0.15) is 60.1 Å². The average Bonchev–Trinajstić information content (AvgIpc) is 3.07. The first kappa shape index (κ1) is 19.4. The summed E-state index contributed by atoms with van der Waals surface area (Å²) in [5.74, 6) is 0.202. The third kappa shape index (κ3) is 5.53. The van der Waals surface area contributed by atoms with E-state index in [0.29, 0.717) is 30.1 Å². The Morgan fingerprint density at radius 3 is 2.80 bits per heavy atom. The number of ether oxygens (including phenoxy) is 1. The molecule has 1 N–H and O–H groups in total. The SMILES string of the molecule is CCCCc1csc(CCNc2ncnc(CC)c2C(=O)OCC)c1. The molecule has 0 aromatic carbocycles. The lowest BCUT2D eigenvalue weighted by Gasteiger charge is -2.12. The van der Waals surface area contributed by atoms with Crippen molar-refractivity contribution in [2.75, 3.05) is 18.5 Å². The number of carbonyl (C=O) groups excluding carboxylic acids is 1. The number of esters is 1. The second-order valence-electron chi connectivity index (χ2n) is 5.82. The van der Waals surface area contributed by atoms with Gasteiger partial charge in [-0.2, -0.15) is 0 Å². The summed E-state index contributed by atoms with van der Waals surface area (Å²) in [5.41, 5.74) is 2.60. The molecule has 0 saturated carbocycles. The molecule has 0 bridgehead atoms. The highest BCUT2D eigenvalue weighted by atomic mass is 32.1. The molecule has 0 aliphatic heterocycles. The van der Waals surface area contributed by atoms with Gasteiger partial charge >= 0.3 is 5.97 Å². The predicted octanol–water partition coefficient (Wildman–Crippen LogP) is 4.27. The van der Waals surface area contributed by atoms with E-state index in [9.17, 15) is 4.79 Å². The molecule has 0 fully saturated rings. The molecule has 2 rings (SSSR count). The number of carbonyl (C=O) groups is 1. The Labute approximate surface area is 153 Å². The van der Waals surface area contributed by atoms with Crippen molar-refractivity contribution in [2.45, 2.75) is 52.9 Å². The molecule has 0 amide bonds. The maximum absolute atomic E-state index is 12.2. The van der Waals surface area contributed by atoms with E-state index in [1.807, 2.05) is 6.92 Å². The van der Waals surface area contributed by atoms with Crippen LogP contribution in [0.25, 0.3) is 0 Å². The maximum Gasteiger partial charge on any atom is 0.343 e. The quantitative estimate of drug-likeness (QED) is 0.640. The first-order valence-electron chi connectivity index (χ1n) is 9.00. The minimum atomic E-state index is -0.361. The Bertz CT molecular complexity index is 685. The molecule has 6 heteroatoms. The van der Waals surface area contributed by atoms with Gasteiger partial charge in [0.1, 0.15) is 17.7 Å². The van der Waals surface area contributed by atoms with Crippen molar-refractivity contribution >= 4 is 23.1 Å². The van der Waals surface area contributed by atoms with Crippen molar-refractivity contribution in [1.82, 2.24) is 9.97 Å². The van der Waals surface area contributed by atoms with Crippen LogP contribution < -0.4 is 5.32 Å². The van der Waals surface area contributed by atoms with Crippen molar-refractivity contribution in [1.29, 1.82) is 0 Å². The van der Waals surface area contributed by atoms with Gasteiger partial charge in [0, 0.05) is 11.4 Å². The molecule has 0 spiro atoms. The van der Waals surface area contributed by atoms with Crippen molar-refractivity contribution in [3.05, 3.63) is 39.5 Å². The van der Waals surface area contributed by atoms with Crippen LogP contribution in [0.4, 0.5) is 5.82 Å². The zero-order valence-electron chi connectivity index (χ0n) is 15.3. The van der Waals surface area contributed by atoms with E-state index >= 15 is 0 Å². The van der Waals surface area contributed by atoms with Crippen LogP contribution in [-0.4, -0.2) is 29.1 Å². The van der Waals surface area contributed by atoms with E-state index in [1.165, 1.54) is 29.6 Å². The smallest absolute Gasteiger partial charge is 0.343 e. The van der Waals surface area contributed by atoms with Crippen molar-refractivity contribution < 1.29 is 9.53 Å². The first-order chi connectivity index (χ1) is 12.2. The van der Waals surface area contributed by atoms with E-state index in [2.05, 4.69) is 33.7 Å². The standard InChI is InChI=1S/C19H27N3O2S/c1-4-7-8-14-11-15(25-12-14)9-10-20-18-17(19(23)24-6-3)16(5-2)21-13-22-18/h11-13H,4-10H2,1-3H3,(H,20,21,22). The number of aryl methyl sites for hydroxylation is 2. The maximum atomic E-state index is 12.2. The fraction of sp³-hybridized carbons (Fsp3) is 0.526. The van der Waals surface area contributed by atoms with Gasteiger partial charge in [-0.1, -0.05) is 20.3 Å². The van der Waals surface area contributed by atoms with Crippen molar-refractivity contribution in [2.24, 2.45) is 0 Å². The Morgan fingerprint density at radius 1 is 1.24 bits per heavy atom. The molecule has 2 heterocycles. The van der Waals surface area contributed by atoms with Gasteiger partial charge in [0.05, 0.1) is 12.3 Å². The largest absolute Gasteiger partial charge is 0.462 e. The number of anilines is 1. The summed E-state index contributed by atoms with van der Waals surface area (Å²) in [7, 11) is 0. The van der Waals surface area contributed by atoms with E-state index in [-0.39, 0.29) is 5.97 Å². The molecule has 2 aromatic heterocycles. The fourth-order valence-corrected chi connectivity index (χ4v) is 3.54. The van der Waals surface area contributed by atoms with Gasteiger partial charge in [-0.25, -0.2) is 14.8 Å². The molecule has 0 aliphatic carbocycles. The van der Waals surface area contributed by atoms with Gasteiger partial charge in [0.25, 0.3) is 0 Å². The van der Waals surface area contributed by atoms with Gasteiger partial charge in [-0.15, -0.1) is 11.3 Å². The Morgan fingerprint density at radius 2 is 2.08 bits per heavy atom. The summed E-state index contributed by atoms with van der Waals surface area (Å²) >= 11 is 1.80. The zero-order valence-corrected chi connectivity index (χ0v) is 16.1. The summed E-state index contributed by atoms with van der Waals surface area (Å²) in [5, 5.41) is 5.53. The van der Waals surface area contributed by atoms with Gasteiger partial charge in [-0.3, -0.25) is 0 Å². The van der Waals surface area contributed by atoms with Crippen LogP contribution in [0, 0.1) is 0 Å². The number of nitrogens with zero attached hydrogens (tertiary/aromatic N) is 2. The highest BCUT2D eigenvalue weighted by molar-refractivity contribution is 7.10. The third-order valence-corrected chi connectivity index (χ3v) is 4.98. The lowest BCUT2D eigenvalue weighted by atomic mass is 10.1. The summed E-state index contributed by atoms with van der Waals surface area (Å²) in [4.78, 5) is 22.0. The first-order valence-corrected chi connectivity index (χ1v) is 9.88. The molecule has 2 aromatic rings. The normalized spacial score (nSPS) is 10.7. The highest BCUT2D eigenvalue weighted by Gasteiger charge is 2.19. The summed E-state index contributed by atoms with van der Waals surface area (Å²) < 4.78 is 5.16. The molecule has 0 saturated heterocycles. The number of aromatic nitrogens is 2. The van der Waals surface area contributed by atoms with Gasteiger partial charge in [0.15, 0.2) is 0 Å². The monoisotopic (exact) mass is 361 g/mol. The zero-order chi connectivity index (χ0) is 18.1. The van der Waals surface area contributed by atoms with Gasteiger partial charge in [0.2, 0.25) is 0 Å². The minimum Gasteiger partial charge on any atom is -0.462 e. The molecule has 0 unspecified atom stereocenters. The van der Waals surface area contributed by atoms with Crippen molar-refractivity contribution in [3.8, 4) is 0 Å². The molecular weight excluding hydrogens is 334 g/mol. The number of unbranched alkanes of at least 4 members (excludes halogenated alkanes) is 1. The Hall–Kier alpha value is -1.95. The van der Waals surface area contributed by atoms with Crippen LogP contribution >= 0.6 is 11.3 Å². The van der Waals surface area contributed by atoms with E-state index in [0.717, 1.165) is 19.4 Å². The number of rotatable bonds is 10. The topological polar surface area (TPSA) is 64.1 Å². The molecule has 0 atom stereocenters. The summed E-state index contributed by atoms with van der Waals surface area (Å²) in [6, 6.07) is 2.28. The number of hydrogen-bond acceptors (Lipinski definition) is 6. The lowest BCUT2D eigenvalue weighted by molar-refractivity contribution is 0.0525. The molecule has 5 nitrogen and oxygen atoms in total. The van der Waals surface area contributed by atoms with Crippen molar-refractivity contribution in [3.63, 3.8) is 0 Å². The highest BCUT2D eigenvalue weighted by Crippen LogP contribution is 2.20. The van der Waals surface area contributed by atoms with Crippen LogP contribution in [0.15, 0.2) is 17.8 Å². The van der Waals surface area contributed by atoms with Gasteiger partial charge < -0.3 is 10.1 Å².